The molecule has 0 saturated carbocycles. The van der Waals surface area contributed by atoms with E-state index in [-0.39, 0.29) is 17.8 Å². The predicted molar refractivity (Wildman–Crippen MR) is 128 cm³/mol. The first kappa shape index (κ1) is 21.0. The van der Waals surface area contributed by atoms with E-state index in [2.05, 4.69) is 12.1 Å². The van der Waals surface area contributed by atoms with Crippen molar-refractivity contribution in [1.29, 1.82) is 5.26 Å². The lowest BCUT2D eigenvalue weighted by molar-refractivity contribution is -0.133. The first-order valence-electron chi connectivity index (χ1n) is 9.85. The van der Waals surface area contributed by atoms with Crippen molar-refractivity contribution in [3.63, 3.8) is 0 Å². The number of nitrogens with zero attached hydrogens (tertiary/aromatic N) is 3. The normalized spacial score (nSPS) is 21.3. The summed E-state index contributed by atoms with van der Waals surface area (Å²) in [4.78, 5) is 21.5. The third-order valence-corrected chi connectivity index (χ3v) is 7.61. The zero-order valence-corrected chi connectivity index (χ0v) is 18.9. The molecule has 2 atom stereocenters. The molecule has 156 valence electrons. The van der Waals surface area contributed by atoms with E-state index >= 15 is 0 Å². The number of carbonyl (C=O) groups is 1. The molecule has 1 aromatic carbocycles. The number of hydrogen-bond acceptors (Lipinski definition) is 6. The van der Waals surface area contributed by atoms with Gasteiger partial charge in [0.2, 0.25) is 5.91 Å². The lowest BCUT2D eigenvalue weighted by Crippen LogP contribution is -2.53. The van der Waals surface area contributed by atoms with E-state index < -0.39 is 5.54 Å². The Bertz CT molecular complexity index is 1200. The summed E-state index contributed by atoms with van der Waals surface area (Å²) >= 11 is 3.23. The molecule has 3 aromatic rings. The van der Waals surface area contributed by atoms with Crippen molar-refractivity contribution in [2.24, 2.45) is 16.6 Å². The smallest absolute Gasteiger partial charge is 0.235 e. The molecule has 0 bridgehead atoms. The second kappa shape index (κ2) is 8.50. The van der Waals surface area contributed by atoms with Gasteiger partial charge >= 0.3 is 0 Å². The molecule has 7 heteroatoms. The van der Waals surface area contributed by atoms with Gasteiger partial charge in [0, 0.05) is 16.8 Å². The zero-order valence-electron chi connectivity index (χ0n) is 17.3. The number of thiophene rings is 2. The Balaban J connectivity index is 1.70. The lowest BCUT2D eigenvalue weighted by Gasteiger charge is -2.39. The highest BCUT2D eigenvalue weighted by Crippen LogP contribution is 2.44. The molecule has 0 saturated heterocycles. The highest BCUT2D eigenvalue weighted by Gasteiger charge is 2.46. The molecule has 0 unspecified atom stereocenters. The minimum Gasteiger partial charge on any atom is -0.369 e. The second-order valence-corrected chi connectivity index (χ2v) is 9.50. The summed E-state index contributed by atoms with van der Waals surface area (Å²) in [6.45, 7) is 1.98. The summed E-state index contributed by atoms with van der Waals surface area (Å²) in [6.07, 6.45) is 4.65. The van der Waals surface area contributed by atoms with Crippen molar-refractivity contribution in [3.8, 4) is 17.2 Å². The van der Waals surface area contributed by atoms with Gasteiger partial charge in [-0.05, 0) is 65.6 Å². The summed E-state index contributed by atoms with van der Waals surface area (Å²) < 4.78 is 0. The third-order valence-electron chi connectivity index (χ3n) is 5.62. The number of carbonyl (C=O) groups excluding carboxylic acids is 1. The van der Waals surface area contributed by atoms with Gasteiger partial charge in [0.1, 0.15) is 5.54 Å². The minimum absolute atomic E-state index is 0.0349. The van der Waals surface area contributed by atoms with Crippen molar-refractivity contribution < 1.29 is 4.79 Å². The number of nitrogens with two attached hydrogens (primary N) is 1. The van der Waals surface area contributed by atoms with Gasteiger partial charge in [0.25, 0.3) is 0 Å². The van der Waals surface area contributed by atoms with Crippen LogP contribution in [0.1, 0.15) is 28.7 Å². The zero-order chi connectivity index (χ0) is 22.0. The Morgan fingerprint density at radius 2 is 2.10 bits per heavy atom. The Hall–Kier alpha value is -3.21. The van der Waals surface area contributed by atoms with E-state index in [1.807, 2.05) is 60.2 Å². The van der Waals surface area contributed by atoms with E-state index in [1.54, 1.807) is 35.8 Å². The van der Waals surface area contributed by atoms with E-state index in [1.165, 1.54) is 4.90 Å². The van der Waals surface area contributed by atoms with Crippen LogP contribution in [0.4, 0.5) is 0 Å². The van der Waals surface area contributed by atoms with Crippen LogP contribution in [0, 0.1) is 17.2 Å². The highest BCUT2D eigenvalue weighted by atomic mass is 32.1. The molecule has 31 heavy (non-hydrogen) atoms. The molecule has 1 amide bonds. The topological polar surface area (TPSA) is 82.5 Å². The molecule has 0 fully saturated rings. The van der Waals surface area contributed by atoms with Crippen LogP contribution >= 0.6 is 22.7 Å². The molecule has 2 aromatic heterocycles. The summed E-state index contributed by atoms with van der Waals surface area (Å²) in [6, 6.07) is 15.8. The molecule has 0 radical (unpaired) electrons. The van der Waals surface area contributed by atoms with Crippen LogP contribution in [0.15, 0.2) is 64.3 Å². The van der Waals surface area contributed by atoms with Gasteiger partial charge in [-0.25, -0.2) is 4.99 Å². The van der Waals surface area contributed by atoms with Gasteiger partial charge in [0.05, 0.1) is 17.6 Å². The summed E-state index contributed by atoms with van der Waals surface area (Å²) in [5, 5.41) is 13.3. The van der Waals surface area contributed by atoms with Gasteiger partial charge < -0.3 is 5.73 Å². The SMILES string of the molecule is CN1C(=O)[C@H](C/C=C/c2cccs2)[C@@](C)(c2cc(-c3cccc(C#N)c3)cs2)N=C1N. The van der Waals surface area contributed by atoms with Gasteiger partial charge in [-0.2, -0.15) is 5.26 Å². The average molecular weight is 447 g/mol. The molecular weight excluding hydrogens is 424 g/mol. The fourth-order valence-corrected chi connectivity index (χ4v) is 5.49. The van der Waals surface area contributed by atoms with Crippen LogP contribution in [-0.2, 0) is 10.3 Å². The number of aliphatic imine (C=N–C) groups is 1. The maximum Gasteiger partial charge on any atom is 0.235 e. The molecular formula is C24H22N4OS2. The van der Waals surface area contributed by atoms with Gasteiger partial charge in [-0.3, -0.25) is 9.69 Å². The monoisotopic (exact) mass is 446 g/mol. The quantitative estimate of drug-likeness (QED) is 0.594. The van der Waals surface area contributed by atoms with Crippen LogP contribution in [0.5, 0.6) is 0 Å². The second-order valence-electron chi connectivity index (χ2n) is 7.61. The van der Waals surface area contributed by atoms with Crippen molar-refractivity contribution in [3.05, 3.63) is 74.6 Å². The van der Waals surface area contributed by atoms with Crippen LogP contribution in [0.3, 0.4) is 0 Å². The Kier molecular flexibility index (Phi) is 5.77. The van der Waals surface area contributed by atoms with Crippen LogP contribution in [-0.4, -0.2) is 23.8 Å². The van der Waals surface area contributed by atoms with E-state index in [0.717, 1.165) is 20.9 Å². The van der Waals surface area contributed by atoms with Crippen molar-refractivity contribution in [1.82, 2.24) is 4.90 Å². The minimum atomic E-state index is -0.761. The van der Waals surface area contributed by atoms with Gasteiger partial charge in [-0.15, -0.1) is 22.7 Å². The van der Waals surface area contributed by atoms with Gasteiger partial charge in [0.15, 0.2) is 5.96 Å². The number of nitriles is 1. The number of amides is 1. The standard InChI is InChI=1S/C24H22N4OS2/c1-24(21-13-18(15-31-21)17-7-3-6-16(12-17)14-25)20(22(29)28(2)23(26)27-24)10-4-8-19-9-5-11-30-19/h3-9,11-13,15,20H,10H2,1-2H3,(H2,26,27)/b8-4+/t20-,24-/m0/s1. The first-order chi connectivity index (χ1) is 14.9. The van der Waals surface area contributed by atoms with Crippen LogP contribution in [0.25, 0.3) is 17.2 Å². The molecule has 0 aliphatic carbocycles. The maximum atomic E-state index is 13.2. The van der Waals surface area contributed by atoms with E-state index in [4.69, 9.17) is 10.7 Å². The lowest BCUT2D eigenvalue weighted by atomic mass is 9.79. The van der Waals surface area contributed by atoms with Gasteiger partial charge in [-0.1, -0.05) is 24.3 Å². The van der Waals surface area contributed by atoms with Crippen molar-refractivity contribution >= 4 is 40.6 Å². The summed E-state index contributed by atoms with van der Waals surface area (Å²) in [5.74, 6) is -0.169. The highest BCUT2D eigenvalue weighted by molar-refractivity contribution is 7.11. The fourth-order valence-electron chi connectivity index (χ4n) is 3.76. The predicted octanol–water partition coefficient (Wildman–Crippen LogP) is 5.07. The summed E-state index contributed by atoms with van der Waals surface area (Å²) in [7, 11) is 1.67. The molecule has 0 spiro atoms. The fraction of sp³-hybridized carbons (Fsp3) is 0.208. The Labute approximate surface area is 189 Å². The number of rotatable bonds is 5. The molecule has 1 aliphatic rings. The van der Waals surface area contributed by atoms with Crippen molar-refractivity contribution in [2.75, 3.05) is 7.05 Å². The Morgan fingerprint density at radius 1 is 1.26 bits per heavy atom. The van der Waals surface area contributed by atoms with Crippen molar-refractivity contribution in [2.45, 2.75) is 18.9 Å². The Morgan fingerprint density at radius 3 is 2.84 bits per heavy atom. The molecule has 1 aliphatic heterocycles. The molecule has 5 nitrogen and oxygen atoms in total. The number of hydrogen-bond donors (Lipinski definition) is 1. The molecule has 2 N–H and O–H groups in total. The average Bonchev–Trinajstić information content (AvgIpc) is 3.47. The van der Waals surface area contributed by atoms with Crippen LogP contribution < -0.4 is 5.73 Å². The van der Waals surface area contributed by atoms with E-state index in [9.17, 15) is 10.1 Å². The number of benzene rings is 1. The first-order valence-corrected chi connectivity index (χ1v) is 11.6. The largest absolute Gasteiger partial charge is 0.369 e. The third kappa shape index (κ3) is 4.05. The number of guanidine groups is 1. The molecule has 3 heterocycles. The molecule has 4 rings (SSSR count). The maximum absolute atomic E-state index is 13.2. The summed E-state index contributed by atoms with van der Waals surface area (Å²) in [5.41, 5.74) is 7.94. The van der Waals surface area contributed by atoms with Crippen LogP contribution in [0.2, 0.25) is 0 Å². The number of allylic oxidation sites excluding steroid dienone is 1. The van der Waals surface area contributed by atoms with E-state index in [0.29, 0.717) is 12.0 Å².